The van der Waals surface area contributed by atoms with Gasteiger partial charge in [0.15, 0.2) is 0 Å². The van der Waals surface area contributed by atoms with E-state index in [9.17, 15) is 9.59 Å². The number of nitrogens with one attached hydrogen (secondary N) is 1. The number of hydrogen-bond acceptors (Lipinski definition) is 4. The summed E-state index contributed by atoms with van der Waals surface area (Å²) in [5, 5.41) is 4.58. The van der Waals surface area contributed by atoms with E-state index in [-0.39, 0.29) is 11.8 Å². The fraction of sp³-hybridized carbons (Fsp3) is 0.286. The van der Waals surface area contributed by atoms with Crippen molar-refractivity contribution in [1.29, 1.82) is 0 Å². The maximum atomic E-state index is 12.1. The van der Waals surface area contributed by atoms with Gasteiger partial charge in [-0.3, -0.25) is 4.79 Å². The number of benzene rings is 2. The van der Waals surface area contributed by atoms with Crippen LogP contribution in [-0.4, -0.2) is 18.1 Å². The largest absolute Gasteiger partial charge is 0.423 e. The monoisotopic (exact) mass is 384 g/mol. The van der Waals surface area contributed by atoms with Crippen LogP contribution in [-0.2, 0) is 4.79 Å². The molecule has 0 heterocycles. The Kier molecular flexibility index (Phi) is 6.60. The summed E-state index contributed by atoms with van der Waals surface area (Å²) in [6.07, 6.45) is 6.88. The third-order valence-corrected chi connectivity index (χ3v) is 4.79. The van der Waals surface area contributed by atoms with Gasteiger partial charge in [0.1, 0.15) is 5.75 Å². The zero-order valence-corrected chi connectivity index (χ0v) is 15.6. The van der Waals surface area contributed by atoms with E-state index >= 15 is 0 Å². The second kappa shape index (κ2) is 9.33. The summed E-state index contributed by atoms with van der Waals surface area (Å²) in [5.74, 6) is 0.0381. The lowest BCUT2D eigenvalue weighted by Gasteiger charge is -2.19. The third-order valence-electron chi connectivity index (χ3n) is 4.53. The second-order valence-corrected chi connectivity index (χ2v) is 6.97. The number of carbonyl (C=O) groups is 2. The molecule has 1 aliphatic carbocycles. The molecule has 1 amide bonds. The van der Waals surface area contributed by atoms with Crippen molar-refractivity contribution in [3.63, 3.8) is 0 Å². The fourth-order valence-electron chi connectivity index (χ4n) is 3.00. The highest BCUT2D eigenvalue weighted by Gasteiger charge is 2.20. The zero-order chi connectivity index (χ0) is 19.1. The molecule has 0 saturated heterocycles. The van der Waals surface area contributed by atoms with Crippen LogP contribution < -0.4 is 10.2 Å². The average Bonchev–Trinajstić information content (AvgIpc) is 2.70. The number of amides is 1. The molecule has 2 aromatic rings. The van der Waals surface area contributed by atoms with Gasteiger partial charge in [0.05, 0.1) is 11.8 Å². The molecule has 1 N–H and O–H groups in total. The number of hydrogen-bond donors (Lipinski definition) is 1. The Morgan fingerprint density at radius 1 is 1.00 bits per heavy atom. The third kappa shape index (κ3) is 5.66. The minimum absolute atomic E-state index is 0.0144. The highest BCUT2D eigenvalue weighted by Crippen LogP contribution is 2.23. The predicted octanol–water partition coefficient (Wildman–Crippen LogP) is 4.59. The summed E-state index contributed by atoms with van der Waals surface area (Å²) >= 11 is 5.81. The lowest BCUT2D eigenvalue weighted by atomic mass is 9.89. The van der Waals surface area contributed by atoms with Crippen LogP contribution in [0.4, 0.5) is 0 Å². The van der Waals surface area contributed by atoms with E-state index in [1.165, 1.54) is 6.42 Å². The van der Waals surface area contributed by atoms with Gasteiger partial charge in [0, 0.05) is 10.9 Å². The standard InChI is InChI=1S/C21H21ClN2O3/c22-18-10-8-17(9-11-18)21(26)27-19-12-6-15(7-13-19)14-23-24-20(25)16-4-2-1-3-5-16/h6-14,16H,1-5H2,(H,24,25). The summed E-state index contributed by atoms with van der Waals surface area (Å²) in [5.41, 5.74) is 3.83. The second-order valence-electron chi connectivity index (χ2n) is 6.53. The van der Waals surface area contributed by atoms with Crippen LogP contribution >= 0.6 is 11.6 Å². The molecular weight excluding hydrogens is 364 g/mol. The zero-order valence-electron chi connectivity index (χ0n) is 14.9. The molecule has 0 bridgehead atoms. The summed E-state index contributed by atoms with van der Waals surface area (Å²) in [4.78, 5) is 24.1. The van der Waals surface area contributed by atoms with Gasteiger partial charge >= 0.3 is 5.97 Å². The van der Waals surface area contributed by atoms with E-state index in [4.69, 9.17) is 16.3 Å². The molecule has 0 unspecified atom stereocenters. The summed E-state index contributed by atoms with van der Waals surface area (Å²) in [6.45, 7) is 0. The number of hydrazone groups is 1. The smallest absolute Gasteiger partial charge is 0.343 e. The number of nitrogens with zero attached hydrogens (tertiary/aromatic N) is 1. The van der Waals surface area contributed by atoms with E-state index in [1.54, 1.807) is 54.7 Å². The van der Waals surface area contributed by atoms with Crippen molar-refractivity contribution in [3.05, 3.63) is 64.7 Å². The van der Waals surface area contributed by atoms with E-state index in [2.05, 4.69) is 10.5 Å². The predicted molar refractivity (Wildman–Crippen MR) is 105 cm³/mol. The van der Waals surface area contributed by atoms with Gasteiger partial charge in [0.2, 0.25) is 5.91 Å². The van der Waals surface area contributed by atoms with Crippen LogP contribution in [0.25, 0.3) is 0 Å². The van der Waals surface area contributed by atoms with Crippen molar-refractivity contribution in [3.8, 4) is 5.75 Å². The normalized spacial score (nSPS) is 14.9. The van der Waals surface area contributed by atoms with Gasteiger partial charge < -0.3 is 4.74 Å². The lowest BCUT2D eigenvalue weighted by Crippen LogP contribution is -2.28. The summed E-state index contributed by atoms with van der Waals surface area (Å²) in [7, 11) is 0. The average molecular weight is 385 g/mol. The van der Waals surface area contributed by atoms with Crippen LogP contribution in [0.3, 0.4) is 0 Å². The molecule has 0 radical (unpaired) electrons. The Bertz CT molecular complexity index is 810. The molecule has 0 aliphatic heterocycles. The number of ether oxygens (including phenoxy) is 1. The summed E-state index contributed by atoms with van der Waals surface area (Å²) < 4.78 is 5.32. The molecule has 1 saturated carbocycles. The molecule has 1 aliphatic rings. The maximum absolute atomic E-state index is 12.1. The van der Waals surface area contributed by atoms with Crippen LogP contribution in [0.15, 0.2) is 53.6 Å². The molecule has 0 spiro atoms. The molecule has 0 atom stereocenters. The SMILES string of the molecule is O=C(Oc1ccc(C=NNC(=O)C2CCCCC2)cc1)c1ccc(Cl)cc1. The number of esters is 1. The first-order chi connectivity index (χ1) is 13.1. The van der Waals surface area contributed by atoms with Gasteiger partial charge in [-0.15, -0.1) is 0 Å². The molecule has 3 rings (SSSR count). The lowest BCUT2D eigenvalue weighted by molar-refractivity contribution is -0.125. The Morgan fingerprint density at radius 2 is 1.67 bits per heavy atom. The van der Waals surface area contributed by atoms with Gasteiger partial charge in [-0.2, -0.15) is 5.10 Å². The quantitative estimate of drug-likeness (QED) is 0.355. The molecule has 0 aromatic heterocycles. The van der Waals surface area contributed by atoms with E-state index < -0.39 is 5.97 Å². The van der Waals surface area contributed by atoms with E-state index in [1.807, 2.05) is 0 Å². The minimum Gasteiger partial charge on any atom is -0.423 e. The molecule has 5 nitrogen and oxygen atoms in total. The number of carbonyl (C=O) groups excluding carboxylic acids is 2. The van der Waals surface area contributed by atoms with Crippen LogP contribution in [0.1, 0.15) is 48.0 Å². The van der Waals surface area contributed by atoms with Crippen LogP contribution in [0, 0.1) is 5.92 Å². The maximum Gasteiger partial charge on any atom is 0.343 e. The molecule has 1 fully saturated rings. The van der Waals surface area contributed by atoms with Gasteiger partial charge in [0.25, 0.3) is 0 Å². The van der Waals surface area contributed by atoms with Crippen molar-refractivity contribution >= 4 is 29.7 Å². The van der Waals surface area contributed by atoms with Crippen LogP contribution in [0.5, 0.6) is 5.75 Å². The summed E-state index contributed by atoms with van der Waals surface area (Å²) in [6, 6.07) is 13.4. The highest BCUT2D eigenvalue weighted by molar-refractivity contribution is 6.30. The van der Waals surface area contributed by atoms with Crippen molar-refractivity contribution < 1.29 is 14.3 Å². The van der Waals surface area contributed by atoms with Crippen molar-refractivity contribution in [2.45, 2.75) is 32.1 Å². The van der Waals surface area contributed by atoms with Crippen molar-refractivity contribution in [2.75, 3.05) is 0 Å². The Balaban J connectivity index is 1.51. The van der Waals surface area contributed by atoms with E-state index in [0.29, 0.717) is 16.3 Å². The van der Waals surface area contributed by atoms with Crippen molar-refractivity contribution in [1.82, 2.24) is 5.43 Å². The molecule has 27 heavy (non-hydrogen) atoms. The topological polar surface area (TPSA) is 67.8 Å². The first-order valence-electron chi connectivity index (χ1n) is 9.02. The molecule has 2 aromatic carbocycles. The van der Waals surface area contributed by atoms with Gasteiger partial charge in [-0.1, -0.05) is 30.9 Å². The van der Waals surface area contributed by atoms with Crippen molar-refractivity contribution in [2.24, 2.45) is 11.0 Å². The van der Waals surface area contributed by atoms with Gasteiger partial charge in [-0.25, -0.2) is 10.2 Å². The molecule has 140 valence electrons. The number of halogens is 1. The fourth-order valence-corrected chi connectivity index (χ4v) is 3.13. The molecular formula is C21H21ClN2O3. The molecule has 6 heteroatoms. The van der Waals surface area contributed by atoms with Crippen LogP contribution in [0.2, 0.25) is 5.02 Å². The number of rotatable bonds is 5. The first-order valence-corrected chi connectivity index (χ1v) is 9.40. The Morgan fingerprint density at radius 3 is 2.33 bits per heavy atom. The van der Waals surface area contributed by atoms with Gasteiger partial charge in [-0.05, 0) is 66.9 Å². The Labute approximate surface area is 163 Å². The minimum atomic E-state index is -0.451. The van der Waals surface area contributed by atoms with E-state index in [0.717, 1.165) is 31.2 Å². The first kappa shape index (κ1) is 19.1. The Hall–Kier alpha value is -2.66. The highest BCUT2D eigenvalue weighted by atomic mass is 35.5.